The molecular formula is C18H33NO2. The summed E-state index contributed by atoms with van der Waals surface area (Å²) in [5.74, 6) is 0.806. The minimum absolute atomic E-state index is 0.0150. The first-order valence-electron chi connectivity index (χ1n) is 8.42. The van der Waals surface area contributed by atoms with Crippen LogP contribution in [0.5, 0.6) is 0 Å². The first-order valence-corrected chi connectivity index (χ1v) is 8.42. The van der Waals surface area contributed by atoms with Gasteiger partial charge in [-0.25, -0.2) is 0 Å². The van der Waals surface area contributed by atoms with Crippen molar-refractivity contribution in [2.24, 2.45) is 16.7 Å². The van der Waals surface area contributed by atoms with Crippen LogP contribution in [0.1, 0.15) is 79.6 Å². The molecule has 1 fully saturated rings. The lowest BCUT2D eigenvalue weighted by atomic mass is 9.68. The van der Waals surface area contributed by atoms with Crippen LogP contribution in [0.15, 0.2) is 0 Å². The molecule has 1 amide bonds. The smallest absolute Gasteiger partial charge is 0.226 e. The monoisotopic (exact) mass is 295 g/mol. The Labute approximate surface area is 130 Å². The predicted octanol–water partition coefficient (Wildman–Crippen LogP) is 4.10. The van der Waals surface area contributed by atoms with Gasteiger partial charge in [0.15, 0.2) is 0 Å². The number of hydrogen-bond acceptors (Lipinski definition) is 2. The number of aldehydes is 1. The number of hydrogen-bond donors (Lipinski definition) is 1. The Hall–Kier alpha value is -0.860. The van der Waals surface area contributed by atoms with Crippen molar-refractivity contribution in [3.63, 3.8) is 0 Å². The average molecular weight is 295 g/mol. The zero-order valence-corrected chi connectivity index (χ0v) is 14.5. The lowest BCUT2D eigenvalue weighted by molar-refractivity contribution is -0.133. The summed E-state index contributed by atoms with van der Waals surface area (Å²) in [6, 6.07) is -0.404. The van der Waals surface area contributed by atoms with E-state index in [2.05, 4.69) is 19.2 Å². The topological polar surface area (TPSA) is 46.2 Å². The van der Waals surface area contributed by atoms with Crippen molar-refractivity contribution in [1.82, 2.24) is 5.32 Å². The Morgan fingerprint density at radius 2 is 1.76 bits per heavy atom. The van der Waals surface area contributed by atoms with Gasteiger partial charge in [0.05, 0.1) is 6.04 Å². The van der Waals surface area contributed by atoms with E-state index in [0.717, 1.165) is 18.6 Å². The second-order valence-electron chi connectivity index (χ2n) is 8.33. The molecule has 3 nitrogen and oxygen atoms in total. The van der Waals surface area contributed by atoms with Crippen molar-refractivity contribution in [3.8, 4) is 0 Å². The Balaban J connectivity index is 2.57. The zero-order chi connectivity index (χ0) is 16.1. The van der Waals surface area contributed by atoms with Gasteiger partial charge < -0.3 is 10.1 Å². The molecule has 0 radical (unpaired) electrons. The molecule has 1 aliphatic carbocycles. The number of nitrogens with one attached hydrogen (secondary N) is 1. The fourth-order valence-corrected chi connectivity index (χ4v) is 3.96. The van der Waals surface area contributed by atoms with Crippen molar-refractivity contribution < 1.29 is 9.59 Å². The second-order valence-corrected chi connectivity index (χ2v) is 8.33. The third kappa shape index (κ3) is 6.19. The van der Waals surface area contributed by atoms with Crippen LogP contribution in [0.2, 0.25) is 0 Å². The summed E-state index contributed by atoms with van der Waals surface area (Å²) in [7, 11) is 0. The van der Waals surface area contributed by atoms with Gasteiger partial charge in [-0.15, -0.1) is 0 Å². The summed E-state index contributed by atoms with van der Waals surface area (Å²) in [5.41, 5.74) is -0.275. The zero-order valence-electron chi connectivity index (χ0n) is 14.5. The van der Waals surface area contributed by atoms with E-state index in [-0.39, 0.29) is 11.3 Å². The molecule has 0 spiro atoms. The van der Waals surface area contributed by atoms with Gasteiger partial charge in [-0.2, -0.15) is 0 Å². The van der Waals surface area contributed by atoms with Gasteiger partial charge in [-0.1, -0.05) is 59.8 Å². The van der Waals surface area contributed by atoms with Crippen LogP contribution in [0, 0.1) is 16.7 Å². The highest BCUT2D eigenvalue weighted by atomic mass is 16.2. The third-order valence-corrected chi connectivity index (χ3v) is 4.66. The van der Waals surface area contributed by atoms with Crippen molar-refractivity contribution in [2.75, 3.05) is 0 Å². The molecule has 0 aromatic rings. The molecular weight excluding hydrogens is 262 g/mol. The maximum Gasteiger partial charge on any atom is 0.226 e. The van der Waals surface area contributed by atoms with E-state index in [9.17, 15) is 9.59 Å². The van der Waals surface area contributed by atoms with E-state index in [0.29, 0.717) is 0 Å². The normalized spacial score (nSPS) is 19.1. The summed E-state index contributed by atoms with van der Waals surface area (Å²) < 4.78 is 0. The minimum atomic E-state index is -0.435. The predicted molar refractivity (Wildman–Crippen MR) is 87.0 cm³/mol. The lowest BCUT2D eigenvalue weighted by Crippen LogP contribution is -2.44. The van der Waals surface area contributed by atoms with Crippen LogP contribution in [0.4, 0.5) is 0 Å². The van der Waals surface area contributed by atoms with Gasteiger partial charge >= 0.3 is 0 Å². The molecule has 0 aromatic carbocycles. The van der Waals surface area contributed by atoms with Gasteiger partial charge in [-0.3, -0.25) is 4.79 Å². The second kappa shape index (κ2) is 7.42. The summed E-state index contributed by atoms with van der Waals surface area (Å²) in [4.78, 5) is 23.0. The maximum absolute atomic E-state index is 12.3. The highest BCUT2D eigenvalue weighted by Gasteiger charge is 2.36. The van der Waals surface area contributed by atoms with Crippen LogP contribution < -0.4 is 5.32 Å². The van der Waals surface area contributed by atoms with Crippen LogP contribution in [-0.4, -0.2) is 18.2 Å². The van der Waals surface area contributed by atoms with Gasteiger partial charge in [0.25, 0.3) is 0 Å². The fourth-order valence-electron chi connectivity index (χ4n) is 3.96. The van der Waals surface area contributed by atoms with Gasteiger partial charge in [0, 0.05) is 5.41 Å². The number of amides is 1. The Kier molecular flexibility index (Phi) is 6.42. The molecule has 0 saturated heterocycles. The van der Waals surface area contributed by atoms with Crippen LogP contribution >= 0.6 is 0 Å². The Bertz CT molecular complexity index is 354. The summed E-state index contributed by atoms with van der Waals surface area (Å²) >= 11 is 0. The molecule has 0 aliphatic heterocycles. The molecule has 122 valence electrons. The largest absolute Gasteiger partial charge is 0.346 e. The van der Waals surface area contributed by atoms with Crippen LogP contribution in [-0.2, 0) is 9.59 Å². The summed E-state index contributed by atoms with van der Waals surface area (Å²) in [6.45, 7) is 10.2. The number of carbonyl (C=O) groups is 2. The molecule has 1 atom stereocenters. The highest BCUT2D eigenvalue weighted by Crippen LogP contribution is 2.41. The molecule has 1 rings (SSSR count). The number of rotatable bonds is 7. The molecule has 0 heterocycles. The first kappa shape index (κ1) is 18.2. The van der Waals surface area contributed by atoms with E-state index in [4.69, 9.17) is 0 Å². The van der Waals surface area contributed by atoms with E-state index in [1.54, 1.807) is 6.92 Å². The van der Waals surface area contributed by atoms with E-state index in [1.165, 1.54) is 38.5 Å². The molecule has 21 heavy (non-hydrogen) atoms. The molecule has 1 N–H and O–H groups in total. The van der Waals surface area contributed by atoms with Crippen LogP contribution in [0.3, 0.4) is 0 Å². The average Bonchev–Trinajstić information content (AvgIpc) is 2.37. The maximum atomic E-state index is 12.3. The summed E-state index contributed by atoms with van der Waals surface area (Å²) in [6.07, 6.45) is 9.63. The van der Waals surface area contributed by atoms with Gasteiger partial charge in [0.1, 0.15) is 6.29 Å². The molecule has 0 aromatic heterocycles. The summed E-state index contributed by atoms with van der Waals surface area (Å²) in [5, 5.41) is 2.79. The van der Waals surface area contributed by atoms with Crippen molar-refractivity contribution in [1.29, 1.82) is 0 Å². The van der Waals surface area contributed by atoms with E-state index < -0.39 is 11.5 Å². The lowest BCUT2D eigenvalue weighted by Gasteiger charge is -2.37. The van der Waals surface area contributed by atoms with E-state index >= 15 is 0 Å². The van der Waals surface area contributed by atoms with Gasteiger partial charge in [0.2, 0.25) is 5.91 Å². The van der Waals surface area contributed by atoms with Crippen LogP contribution in [0.25, 0.3) is 0 Å². The van der Waals surface area contributed by atoms with Crippen molar-refractivity contribution >= 4 is 12.2 Å². The Morgan fingerprint density at radius 3 is 2.29 bits per heavy atom. The third-order valence-electron chi connectivity index (χ3n) is 4.66. The van der Waals surface area contributed by atoms with Crippen molar-refractivity contribution in [3.05, 3.63) is 0 Å². The first-order chi connectivity index (χ1) is 9.66. The molecule has 1 saturated carbocycles. The quantitative estimate of drug-likeness (QED) is 0.719. The Morgan fingerprint density at radius 1 is 1.19 bits per heavy atom. The molecule has 1 unspecified atom stereocenters. The van der Waals surface area contributed by atoms with E-state index in [1.807, 2.05) is 13.8 Å². The standard InChI is InChI=1S/C18H33NO2/c1-14(12-20)19-16(21)18(4,5)13-17(2,3)11-15-9-7-6-8-10-15/h12,14-15H,6-11,13H2,1-5H3,(H,19,21). The molecule has 0 bridgehead atoms. The molecule has 3 heteroatoms. The SMILES string of the molecule is CC(C=O)NC(=O)C(C)(C)CC(C)(C)CC1CCCCC1. The van der Waals surface area contributed by atoms with Gasteiger partial charge in [-0.05, 0) is 31.1 Å². The van der Waals surface area contributed by atoms with Crippen molar-refractivity contribution in [2.45, 2.75) is 85.6 Å². The molecule has 1 aliphatic rings. The number of carbonyl (C=O) groups excluding carboxylic acids is 2. The highest BCUT2D eigenvalue weighted by molar-refractivity contribution is 5.84. The minimum Gasteiger partial charge on any atom is -0.346 e. The fraction of sp³-hybridized carbons (Fsp3) is 0.889.